The van der Waals surface area contributed by atoms with Gasteiger partial charge >= 0.3 is 0 Å². The average molecular weight is 261 g/mol. The lowest BCUT2D eigenvalue weighted by atomic mass is 10.2. The third-order valence-corrected chi connectivity index (χ3v) is 3.79. The smallest absolute Gasteiger partial charge is 0.130 e. The molecule has 0 amide bonds. The van der Waals surface area contributed by atoms with E-state index in [-0.39, 0.29) is 0 Å². The number of pyridine rings is 1. The van der Waals surface area contributed by atoms with Gasteiger partial charge in [-0.3, -0.25) is 4.90 Å². The quantitative estimate of drug-likeness (QED) is 0.865. The maximum atomic E-state index is 4.35. The fourth-order valence-electron chi connectivity index (χ4n) is 1.93. The molecule has 2 aromatic rings. The zero-order valence-electron chi connectivity index (χ0n) is 10.9. The molecule has 2 heterocycles. The molecule has 0 bridgehead atoms. The second kappa shape index (κ2) is 6.52. The Balaban J connectivity index is 2.05. The van der Waals surface area contributed by atoms with Crippen LogP contribution < -0.4 is 5.32 Å². The van der Waals surface area contributed by atoms with Crippen LogP contribution in [0.25, 0.3) is 0 Å². The van der Waals surface area contributed by atoms with Crippen LogP contribution in [-0.4, -0.2) is 23.5 Å². The Morgan fingerprint density at radius 3 is 2.83 bits per heavy atom. The first-order valence-corrected chi connectivity index (χ1v) is 7.07. The molecule has 0 atom stereocenters. The van der Waals surface area contributed by atoms with Gasteiger partial charge in [-0.05, 0) is 24.1 Å². The molecule has 2 aromatic heterocycles. The molecule has 0 radical (unpaired) electrons. The Kier molecular flexibility index (Phi) is 4.73. The van der Waals surface area contributed by atoms with Crippen molar-refractivity contribution in [2.24, 2.45) is 0 Å². The van der Waals surface area contributed by atoms with Crippen LogP contribution in [0.3, 0.4) is 0 Å². The third kappa shape index (κ3) is 3.31. The van der Waals surface area contributed by atoms with Crippen molar-refractivity contribution in [3.8, 4) is 0 Å². The van der Waals surface area contributed by atoms with Crippen LogP contribution in [-0.2, 0) is 13.1 Å². The minimum atomic E-state index is 0.929. The van der Waals surface area contributed by atoms with E-state index in [2.05, 4.69) is 45.7 Å². The van der Waals surface area contributed by atoms with Crippen LogP contribution in [0.15, 0.2) is 35.8 Å². The van der Waals surface area contributed by atoms with E-state index in [9.17, 15) is 0 Å². The van der Waals surface area contributed by atoms with E-state index in [0.717, 1.165) is 25.5 Å². The molecule has 0 aliphatic rings. The molecule has 4 heteroatoms. The van der Waals surface area contributed by atoms with Crippen LogP contribution >= 0.6 is 11.3 Å². The minimum absolute atomic E-state index is 0.929. The number of thiophene rings is 1. The summed E-state index contributed by atoms with van der Waals surface area (Å²) in [7, 11) is 1.92. The molecule has 18 heavy (non-hydrogen) atoms. The second-order valence-electron chi connectivity index (χ2n) is 4.14. The summed E-state index contributed by atoms with van der Waals surface area (Å²) >= 11 is 1.81. The molecule has 0 saturated heterocycles. The summed E-state index contributed by atoms with van der Waals surface area (Å²) in [4.78, 5) is 8.18. The van der Waals surface area contributed by atoms with Gasteiger partial charge in [0.05, 0.1) is 0 Å². The van der Waals surface area contributed by atoms with Crippen LogP contribution in [0.1, 0.15) is 17.4 Å². The third-order valence-electron chi connectivity index (χ3n) is 2.93. The van der Waals surface area contributed by atoms with Crippen LogP contribution in [0.4, 0.5) is 5.82 Å². The number of hydrogen-bond acceptors (Lipinski definition) is 4. The highest BCUT2D eigenvalue weighted by Crippen LogP contribution is 2.17. The Hall–Kier alpha value is -1.39. The van der Waals surface area contributed by atoms with E-state index in [1.54, 1.807) is 0 Å². The van der Waals surface area contributed by atoms with Crippen molar-refractivity contribution in [3.05, 3.63) is 46.3 Å². The first-order valence-electron chi connectivity index (χ1n) is 6.20. The van der Waals surface area contributed by atoms with E-state index in [4.69, 9.17) is 0 Å². The Labute approximate surface area is 112 Å². The SMILES string of the molecule is CCN(Cc1cccs1)Cc1cccnc1NC. The van der Waals surface area contributed by atoms with E-state index in [0.29, 0.717) is 0 Å². The molecule has 3 nitrogen and oxygen atoms in total. The minimum Gasteiger partial charge on any atom is -0.373 e. The number of aromatic nitrogens is 1. The zero-order valence-corrected chi connectivity index (χ0v) is 11.7. The molecule has 0 fully saturated rings. The molecule has 0 aliphatic heterocycles. The van der Waals surface area contributed by atoms with E-state index >= 15 is 0 Å². The topological polar surface area (TPSA) is 28.2 Å². The van der Waals surface area contributed by atoms with Crippen LogP contribution in [0.2, 0.25) is 0 Å². The predicted octanol–water partition coefficient (Wildman–Crippen LogP) is 3.21. The van der Waals surface area contributed by atoms with Crippen molar-refractivity contribution < 1.29 is 0 Å². The van der Waals surface area contributed by atoms with Gasteiger partial charge in [-0.2, -0.15) is 0 Å². The maximum Gasteiger partial charge on any atom is 0.130 e. The highest BCUT2D eigenvalue weighted by atomic mass is 32.1. The lowest BCUT2D eigenvalue weighted by Gasteiger charge is -2.20. The van der Waals surface area contributed by atoms with Crippen LogP contribution in [0.5, 0.6) is 0 Å². The van der Waals surface area contributed by atoms with E-state index in [1.165, 1.54) is 10.4 Å². The normalized spacial score (nSPS) is 10.8. The van der Waals surface area contributed by atoms with E-state index < -0.39 is 0 Å². The van der Waals surface area contributed by atoms with Crippen molar-refractivity contribution in [2.45, 2.75) is 20.0 Å². The van der Waals surface area contributed by atoms with Crippen molar-refractivity contribution in [1.82, 2.24) is 9.88 Å². The van der Waals surface area contributed by atoms with Gasteiger partial charge in [0, 0.05) is 36.8 Å². The number of nitrogens with one attached hydrogen (secondary N) is 1. The number of anilines is 1. The number of rotatable bonds is 6. The van der Waals surface area contributed by atoms with Crippen molar-refractivity contribution in [3.63, 3.8) is 0 Å². The molecular formula is C14H19N3S. The van der Waals surface area contributed by atoms with E-state index in [1.807, 2.05) is 30.6 Å². The van der Waals surface area contributed by atoms with Crippen LogP contribution in [0, 0.1) is 0 Å². The lowest BCUT2D eigenvalue weighted by Crippen LogP contribution is -2.22. The van der Waals surface area contributed by atoms with Gasteiger partial charge in [0.2, 0.25) is 0 Å². The zero-order chi connectivity index (χ0) is 12.8. The molecule has 0 aliphatic carbocycles. The summed E-state index contributed by atoms with van der Waals surface area (Å²) in [5.41, 5.74) is 1.25. The second-order valence-corrected chi connectivity index (χ2v) is 5.18. The first kappa shape index (κ1) is 13.1. The molecule has 0 saturated carbocycles. The van der Waals surface area contributed by atoms with Gasteiger partial charge < -0.3 is 5.32 Å². The highest BCUT2D eigenvalue weighted by molar-refractivity contribution is 7.09. The van der Waals surface area contributed by atoms with Gasteiger partial charge in [0.25, 0.3) is 0 Å². The molecule has 2 rings (SSSR count). The molecule has 0 aromatic carbocycles. The summed E-state index contributed by atoms with van der Waals surface area (Å²) in [6, 6.07) is 8.43. The lowest BCUT2D eigenvalue weighted by molar-refractivity contribution is 0.274. The van der Waals surface area contributed by atoms with Crippen molar-refractivity contribution in [2.75, 3.05) is 18.9 Å². The maximum absolute atomic E-state index is 4.35. The molecule has 0 unspecified atom stereocenters. The predicted molar refractivity (Wildman–Crippen MR) is 77.9 cm³/mol. The standard InChI is InChI=1S/C14H19N3S/c1-3-17(11-13-7-5-9-18-13)10-12-6-4-8-16-14(12)15-2/h4-9H,3,10-11H2,1-2H3,(H,15,16). The Morgan fingerprint density at radius 2 is 2.17 bits per heavy atom. The fourth-order valence-corrected chi connectivity index (χ4v) is 2.68. The summed E-state index contributed by atoms with van der Waals surface area (Å²) in [5.74, 6) is 0.974. The summed E-state index contributed by atoms with van der Waals surface area (Å²) in [6.07, 6.45) is 1.82. The molecule has 1 N–H and O–H groups in total. The van der Waals surface area contributed by atoms with Gasteiger partial charge in [0.1, 0.15) is 5.82 Å². The Bertz CT molecular complexity index is 468. The first-order chi connectivity index (χ1) is 8.83. The van der Waals surface area contributed by atoms with Gasteiger partial charge in [0.15, 0.2) is 0 Å². The van der Waals surface area contributed by atoms with Gasteiger partial charge in [-0.25, -0.2) is 4.98 Å². The van der Waals surface area contributed by atoms with Gasteiger partial charge in [-0.15, -0.1) is 11.3 Å². The number of nitrogens with zero attached hydrogens (tertiary/aromatic N) is 2. The summed E-state index contributed by atoms with van der Waals surface area (Å²) in [5, 5.41) is 5.28. The fraction of sp³-hybridized carbons (Fsp3) is 0.357. The summed E-state index contributed by atoms with van der Waals surface area (Å²) < 4.78 is 0. The summed E-state index contributed by atoms with van der Waals surface area (Å²) in [6.45, 7) is 5.17. The highest BCUT2D eigenvalue weighted by Gasteiger charge is 2.08. The van der Waals surface area contributed by atoms with Crippen molar-refractivity contribution in [1.29, 1.82) is 0 Å². The Morgan fingerprint density at radius 1 is 1.28 bits per heavy atom. The largest absolute Gasteiger partial charge is 0.373 e. The molecule has 0 spiro atoms. The average Bonchev–Trinajstić information content (AvgIpc) is 2.91. The molecule has 96 valence electrons. The molecular weight excluding hydrogens is 242 g/mol. The monoisotopic (exact) mass is 261 g/mol. The van der Waals surface area contributed by atoms with Crippen molar-refractivity contribution >= 4 is 17.2 Å². The van der Waals surface area contributed by atoms with Gasteiger partial charge in [-0.1, -0.05) is 19.1 Å². The number of hydrogen-bond donors (Lipinski definition) is 1.